The average molecular weight is 176 g/mol. The molecule has 1 heterocycles. The molecular formula is C7H12O5. The number of carbonyl (C=O) groups excluding carboxylic acids is 1. The molecule has 5 heteroatoms. The van der Waals surface area contributed by atoms with Crippen LogP contribution in [0, 0.1) is 0 Å². The summed E-state index contributed by atoms with van der Waals surface area (Å²) in [7, 11) is 1.16. The van der Waals surface area contributed by atoms with E-state index in [0.29, 0.717) is 6.42 Å². The highest BCUT2D eigenvalue weighted by molar-refractivity contribution is 5.77. The Bertz CT molecular complexity index is 181. The Balaban J connectivity index is 2.63. The third kappa shape index (κ3) is 1.74. The van der Waals surface area contributed by atoms with E-state index in [4.69, 9.17) is 9.84 Å². The molecule has 1 rings (SSSR count). The largest absolute Gasteiger partial charge is 0.465 e. The molecule has 1 aliphatic rings. The van der Waals surface area contributed by atoms with Crippen molar-refractivity contribution in [2.75, 3.05) is 13.7 Å². The van der Waals surface area contributed by atoms with E-state index >= 15 is 0 Å². The average Bonchev–Trinajstić information content (AvgIpc) is 2.02. The maximum Gasteiger partial charge on any atom is 0.366 e. The van der Waals surface area contributed by atoms with E-state index < -0.39 is 17.9 Å². The molecule has 0 saturated carbocycles. The summed E-state index contributed by atoms with van der Waals surface area (Å²) in [6, 6.07) is 0. The fraction of sp³-hybridized carbons (Fsp3) is 0.857. The van der Waals surface area contributed by atoms with Gasteiger partial charge in [0.15, 0.2) is 0 Å². The molecule has 5 nitrogen and oxygen atoms in total. The number of aliphatic hydroxyl groups is 2. The first-order chi connectivity index (χ1) is 5.58. The van der Waals surface area contributed by atoms with Gasteiger partial charge in [0, 0.05) is 6.42 Å². The lowest BCUT2D eigenvalue weighted by atomic mass is 10.0. The van der Waals surface area contributed by atoms with Gasteiger partial charge in [-0.2, -0.15) is 0 Å². The standard InChI is InChI=1S/C7H12O5/c1-11-6(9)7(10)4-5(8)2-3-12-7/h5,8,10H,2-4H2,1H3/t5-,7?/m1/s1. The van der Waals surface area contributed by atoms with Gasteiger partial charge in [-0.1, -0.05) is 0 Å². The summed E-state index contributed by atoms with van der Waals surface area (Å²) in [5.41, 5.74) is 0. The van der Waals surface area contributed by atoms with Gasteiger partial charge in [-0.3, -0.25) is 0 Å². The van der Waals surface area contributed by atoms with E-state index in [0.717, 1.165) is 7.11 Å². The number of ether oxygens (including phenoxy) is 2. The second kappa shape index (κ2) is 3.38. The SMILES string of the molecule is COC(=O)C1(O)C[C@H](O)CCO1. The molecule has 0 bridgehead atoms. The predicted octanol–water partition coefficient (Wildman–Crippen LogP) is -0.981. The predicted molar refractivity (Wildman–Crippen MR) is 38.2 cm³/mol. The van der Waals surface area contributed by atoms with Crippen molar-refractivity contribution in [3.8, 4) is 0 Å². The van der Waals surface area contributed by atoms with Gasteiger partial charge in [-0.05, 0) is 6.42 Å². The number of hydrogen-bond donors (Lipinski definition) is 2. The molecule has 1 saturated heterocycles. The van der Waals surface area contributed by atoms with Crippen LogP contribution in [0.5, 0.6) is 0 Å². The minimum atomic E-state index is -1.95. The highest BCUT2D eigenvalue weighted by atomic mass is 16.7. The molecule has 12 heavy (non-hydrogen) atoms. The number of methoxy groups -OCH3 is 1. The minimum absolute atomic E-state index is 0.125. The van der Waals surface area contributed by atoms with Crippen LogP contribution < -0.4 is 0 Å². The van der Waals surface area contributed by atoms with Gasteiger partial charge in [0.2, 0.25) is 0 Å². The van der Waals surface area contributed by atoms with Gasteiger partial charge in [0.25, 0.3) is 5.79 Å². The minimum Gasteiger partial charge on any atom is -0.465 e. The van der Waals surface area contributed by atoms with Crippen LogP contribution in [-0.4, -0.2) is 41.8 Å². The maximum absolute atomic E-state index is 10.9. The van der Waals surface area contributed by atoms with Gasteiger partial charge in [0.1, 0.15) is 0 Å². The molecule has 0 spiro atoms. The van der Waals surface area contributed by atoms with Gasteiger partial charge < -0.3 is 19.7 Å². The lowest BCUT2D eigenvalue weighted by Gasteiger charge is -2.31. The fourth-order valence-electron chi connectivity index (χ4n) is 1.15. The van der Waals surface area contributed by atoms with Crippen molar-refractivity contribution in [2.45, 2.75) is 24.7 Å². The normalized spacial score (nSPS) is 36.1. The first-order valence-corrected chi connectivity index (χ1v) is 3.71. The third-order valence-electron chi connectivity index (χ3n) is 1.81. The molecule has 0 aromatic heterocycles. The Labute approximate surface area is 69.9 Å². The zero-order valence-corrected chi connectivity index (χ0v) is 6.82. The molecular weight excluding hydrogens is 164 g/mol. The van der Waals surface area contributed by atoms with Crippen LogP contribution in [0.25, 0.3) is 0 Å². The van der Waals surface area contributed by atoms with Crippen molar-refractivity contribution in [1.29, 1.82) is 0 Å². The zero-order chi connectivity index (χ0) is 9.19. The van der Waals surface area contributed by atoms with E-state index in [1.165, 1.54) is 0 Å². The van der Waals surface area contributed by atoms with E-state index in [-0.39, 0.29) is 13.0 Å². The van der Waals surface area contributed by atoms with Crippen molar-refractivity contribution in [3.05, 3.63) is 0 Å². The second-order valence-corrected chi connectivity index (χ2v) is 2.77. The zero-order valence-electron chi connectivity index (χ0n) is 6.82. The van der Waals surface area contributed by atoms with Crippen molar-refractivity contribution in [2.24, 2.45) is 0 Å². The van der Waals surface area contributed by atoms with E-state index in [2.05, 4.69) is 4.74 Å². The Morgan fingerprint density at radius 1 is 1.75 bits per heavy atom. The highest BCUT2D eigenvalue weighted by Crippen LogP contribution is 2.23. The molecule has 0 aromatic rings. The first-order valence-electron chi connectivity index (χ1n) is 3.71. The smallest absolute Gasteiger partial charge is 0.366 e. The summed E-state index contributed by atoms with van der Waals surface area (Å²) in [6.45, 7) is 0.159. The number of rotatable bonds is 1. The lowest BCUT2D eigenvalue weighted by molar-refractivity contribution is -0.251. The van der Waals surface area contributed by atoms with Gasteiger partial charge in [0.05, 0.1) is 19.8 Å². The molecule has 0 amide bonds. The quantitative estimate of drug-likeness (QED) is 0.502. The maximum atomic E-state index is 10.9. The summed E-state index contributed by atoms with van der Waals surface area (Å²) < 4.78 is 9.13. The van der Waals surface area contributed by atoms with E-state index in [9.17, 15) is 9.90 Å². The van der Waals surface area contributed by atoms with Gasteiger partial charge in [-0.15, -0.1) is 0 Å². The number of carbonyl (C=O) groups is 1. The van der Waals surface area contributed by atoms with Gasteiger partial charge in [-0.25, -0.2) is 4.79 Å². The lowest BCUT2D eigenvalue weighted by Crippen LogP contribution is -2.48. The topological polar surface area (TPSA) is 76.0 Å². The Morgan fingerprint density at radius 2 is 2.42 bits per heavy atom. The molecule has 0 aromatic carbocycles. The van der Waals surface area contributed by atoms with Gasteiger partial charge >= 0.3 is 5.97 Å². The molecule has 70 valence electrons. The first kappa shape index (κ1) is 9.44. The summed E-state index contributed by atoms with van der Waals surface area (Å²) in [5, 5.41) is 18.6. The van der Waals surface area contributed by atoms with Crippen LogP contribution >= 0.6 is 0 Å². The fourth-order valence-corrected chi connectivity index (χ4v) is 1.15. The Kier molecular flexibility index (Phi) is 2.66. The summed E-state index contributed by atoms with van der Waals surface area (Å²) >= 11 is 0. The molecule has 0 radical (unpaired) electrons. The highest BCUT2D eigenvalue weighted by Gasteiger charge is 2.43. The van der Waals surface area contributed by atoms with Crippen LogP contribution in [0.3, 0.4) is 0 Å². The third-order valence-corrected chi connectivity index (χ3v) is 1.81. The molecule has 1 aliphatic heterocycles. The summed E-state index contributed by atoms with van der Waals surface area (Å²) in [4.78, 5) is 10.9. The van der Waals surface area contributed by atoms with Crippen molar-refractivity contribution in [1.82, 2.24) is 0 Å². The van der Waals surface area contributed by atoms with Crippen molar-refractivity contribution >= 4 is 5.97 Å². The Hall–Kier alpha value is -0.650. The molecule has 2 atom stereocenters. The number of hydrogen-bond acceptors (Lipinski definition) is 5. The van der Waals surface area contributed by atoms with Crippen molar-refractivity contribution < 1.29 is 24.5 Å². The van der Waals surface area contributed by atoms with Crippen LogP contribution in [0.4, 0.5) is 0 Å². The summed E-state index contributed by atoms with van der Waals surface area (Å²) in [5.74, 6) is -2.81. The second-order valence-electron chi connectivity index (χ2n) is 2.77. The number of aliphatic hydroxyl groups excluding tert-OH is 1. The van der Waals surface area contributed by atoms with E-state index in [1.807, 2.05) is 0 Å². The monoisotopic (exact) mass is 176 g/mol. The molecule has 1 fully saturated rings. The number of esters is 1. The molecule has 2 N–H and O–H groups in total. The van der Waals surface area contributed by atoms with Crippen molar-refractivity contribution in [3.63, 3.8) is 0 Å². The summed E-state index contributed by atoms with van der Waals surface area (Å²) in [6.07, 6.45) is -0.401. The molecule has 0 aliphatic carbocycles. The molecule has 1 unspecified atom stereocenters. The van der Waals surface area contributed by atoms with Crippen LogP contribution in [-0.2, 0) is 14.3 Å². The van der Waals surface area contributed by atoms with Crippen LogP contribution in [0.2, 0.25) is 0 Å². The van der Waals surface area contributed by atoms with Crippen LogP contribution in [0.15, 0.2) is 0 Å². The van der Waals surface area contributed by atoms with Crippen LogP contribution in [0.1, 0.15) is 12.8 Å². The Morgan fingerprint density at radius 3 is 2.92 bits per heavy atom. The van der Waals surface area contributed by atoms with E-state index in [1.54, 1.807) is 0 Å².